The number of hydrogen-bond acceptors (Lipinski definition) is 4. The van der Waals surface area contributed by atoms with Crippen LogP contribution >= 0.6 is 0 Å². The van der Waals surface area contributed by atoms with E-state index in [1.54, 1.807) is 41.5 Å². The molecule has 0 saturated heterocycles. The first kappa shape index (κ1) is 29.9. The van der Waals surface area contributed by atoms with E-state index in [-0.39, 0.29) is 21.7 Å². The van der Waals surface area contributed by atoms with E-state index in [4.69, 9.17) is 4.79 Å². The van der Waals surface area contributed by atoms with Gasteiger partial charge in [0.25, 0.3) is 0 Å². The standard InChI is InChI=1S/3C3H7O.C2H3O.Ti/c3*1-3(2)4;1-2-3;/h3*3H,1-2H3;1H3;/q4*-1;+4. The molecule has 0 aromatic rings. The van der Waals surface area contributed by atoms with Crippen molar-refractivity contribution in [2.45, 2.75) is 66.8 Å². The minimum Gasteiger partial charge on any atom is -0.852 e. The monoisotopic (exact) mass is 268 g/mol. The summed E-state index contributed by atoms with van der Waals surface area (Å²) in [6.07, 6.45) is 0.250. The van der Waals surface area contributed by atoms with Gasteiger partial charge in [0.15, 0.2) is 0 Å². The van der Waals surface area contributed by atoms with E-state index in [1.807, 2.05) is 0 Å². The van der Waals surface area contributed by atoms with E-state index in [0.29, 0.717) is 0 Å². The molecule has 0 amide bonds. The first-order valence-corrected chi connectivity index (χ1v) is 4.88. The zero-order valence-electron chi connectivity index (χ0n) is 11.4. The topological polar surface area (TPSA) is 86.2 Å². The van der Waals surface area contributed by atoms with Crippen LogP contribution in [0.1, 0.15) is 48.5 Å². The van der Waals surface area contributed by atoms with Crippen LogP contribution in [-0.4, -0.2) is 24.6 Å². The van der Waals surface area contributed by atoms with Crippen LogP contribution in [0.25, 0.3) is 0 Å². The maximum absolute atomic E-state index is 9.53. The fraction of sp³-hybridized carbons (Fsp3) is 0.909. The Kier molecular flexibility index (Phi) is 55.0. The first-order chi connectivity index (χ1) is 6.61. The minimum absolute atomic E-state index is 0. The van der Waals surface area contributed by atoms with Gasteiger partial charge in [-0.2, -0.15) is 6.92 Å². The van der Waals surface area contributed by atoms with Crippen molar-refractivity contribution in [2.24, 2.45) is 0 Å². The molecule has 0 saturated carbocycles. The molecule has 0 aliphatic heterocycles. The van der Waals surface area contributed by atoms with E-state index >= 15 is 0 Å². The second-order valence-corrected chi connectivity index (χ2v) is 3.35. The average Bonchev–Trinajstić information content (AvgIpc) is 1.81. The number of carbonyl (C=O) groups excluding carboxylic acids is 1. The number of hydrogen-bond donors (Lipinski definition) is 0. The SMILES string of the molecule is CC(C)[O-].CC(C)[O-].CC(C)[O-].C[C-]=O.[Ti+4]. The second kappa shape index (κ2) is 29.5. The van der Waals surface area contributed by atoms with E-state index < -0.39 is 18.3 Å². The van der Waals surface area contributed by atoms with Crippen molar-refractivity contribution in [3.05, 3.63) is 0 Å². The zero-order valence-corrected chi connectivity index (χ0v) is 12.9. The largest absolute Gasteiger partial charge is 4.00 e. The molecule has 5 heteroatoms. The van der Waals surface area contributed by atoms with Gasteiger partial charge in [-0.25, -0.2) is 0 Å². The minimum atomic E-state index is -0.417. The average molecular weight is 268 g/mol. The maximum Gasteiger partial charge on any atom is 4.00 e. The zero-order chi connectivity index (χ0) is 13.4. The summed E-state index contributed by atoms with van der Waals surface area (Å²) in [7, 11) is 0. The molecule has 0 aromatic carbocycles. The molecular formula is C11H24O4Ti. The molecule has 0 atom stereocenters. The van der Waals surface area contributed by atoms with Crippen molar-refractivity contribution in [1.29, 1.82) is 0 Å². The molecule has 4 nitrogen and oxygen atoms in total. The van der Waals surface area contributed by atoms with Gasteiger partial charge in [0.1, 0.15) is 0 Å². The first-order valence-electron chi connectivity index (χ1n) is 4.88. The molecule has 0 aliphatic carbocycles. The Labute approximate surface area is 115 Å². The smallest absolute Gasteiger partial charge is 0.852 e. The Morgan fingerprint density at radius 2 is 0.750 bits per heavy atom. The van der Waals surface area contributed by atoms with Gasteiger partial charge in [-0.3, -0.25) is 6.29 Å². The Bertz CT molecular complexity index is 73.5. The summed E-state index contributed by atoms with van der Waals surface area (Å²) in [4.78, 5) is 8.68. The van der Waals surface area contributed by atoms with Crippen LogP contribution in [0.3, 0.4) is 0 Å². The molecule has 0 unspecified atom stereocenters. The van der Waals surface area contributed by atoms with Gasteiger partial charge in [0.05, 0.1) is 0 Å². The molecule has 16 heavy (non-hydrogen) atoms. The summed E-state index contributed by atoms with van der Waals surface area (Å²) < 4.78 is 0. The molecule has 0 heterocycles. The molecule has 0 aromatic heterocycles. The third kappa shape index (κ3) is 35900. The van der Waals surface area contributed by atoms with Crippen LogP contribution < -0.4 is 15.3 Å². The van der Waals surface area contributed by atoms with Crippen LogP contribution in [-0.2, 0) is 26.5 Å². The normalized spacial score (nSPS) is 7.56. The second-order valence-electron chi connectivity index (χ2n) is 3.35. The van der Waals surface area contributed by atoms with Gasteiger partial charge in [-0.15, -0.1) is 18.3 Å². The molecule has 96 valence electrons. The van der Waals surface area contributed by atoms with E-state index in [2.05, 4.69) is 0 Å². The fourth-order valence-corrected chi connectivity index (χ4v) is 0. The van der Waals surface area contributed by atoms with Crippen LogP contribution in [0.5, 0.6) is 0 Å². The van der Waals surface area contributed by atoms with Crippen LogP contribution in [0, 0.1) is 0 Å². The molecule has 0 bridgehead atoms. The summed E-state index contributed by atoms with van der Waals surface area (Å²) in [5.74, 6) is 0. The van der Waals surface area contributed by atoms with Gasteiger partial charge in [0.2, 0.25) is 0 Å². The molecule has 0 radical (unpaired) electrons. The Balaban J connectivity index is -0.0000000331. The predicted molar refractivity (Wildman–Crippen MR) is 56.8 cm³/mol. The van der Waals surface area contributed by atoms with E-state index in [9.17, 15) is 15.3 Å². The quantitative estimate of drug-likeness (QED) is 0.432. The maximum atomic E-state index is 9.53. The third-order valence-corrected chi connectivity index (χ3v) is 0. The van der Waals surface area contributed by atoms with Gasteiger partial charge in [-0.05, 0) is 0 Å². The Hall–Kier alpha value is 0.264. The van der Waals surface area contributed by atoms with Crippen LogP contribution in [0.15, 0.2) is 0 Å². The van der Waals surface area contributed by atoms with Gasteiger partial charge >= 0.3 is 21.7 Å². The van der Waals surface area contributed by atoms with Crippen LogP contribution in [0.2, 0.25) is 0 Å². The molecule has 0 N–H and O–H groups in total. The van der Waals surface area contributed by atoms with Crippen molar-refractivity contribution < 1.29 is 41.8 Å². The fourth-order valence-electron chi connectivity index (χ4n) is 0. The molecular weight excluding hydrogens is 244 g/mol. The summed E-state index contributed by atoms with van der Waals surface area (Å²) in [5, 5.41) is 28.6. The molecule has 0 spiro atoms. The van der Waals surface area contributed by atoms with Crippen LogP contribution in [0.4, 0.5) is 0 Å². The van der Waals surface area contributed by atoms with Crippen molar-refractivity contribution in [1.82, 2.24) is 0 Å². The molecule has 0 aliphatic rings. The van der Waals surface area contributed by atoms with Crippen molar-refractivity contribution in [2.75, 3.05) is 0 Å². The van der Waals surface area contributed by atoms with Gasteiger partial charge < -0.3 is 20.1 Å². The number of rotatable bonds is 0. The Morgan fingerprint density at radius 1 is 0.750 bits per heavy atom. The molecule has 0 fully saturated rings. The van der Waals surface area contributed by atoms with Gasteiger partial charge in [-0.1, -0.05) is 41.5 Å². The van der Waals surface area contributed by atoms with Gasteiger partial charge in [0, 0.05) is 0 Å². The molecule has 0 rings (SSSR count). The summed E-state index contributed by atoms with van der Waals surface area (Å²) in [6, 6.07) is 0. The van der Waals surface area contributed by atoms with Crippen molar-refractivity contribution in [3.8, 4) is 0 Å². The van der Waals surface area contributed by atoms with Crippen molar-refractivity contribution >= 4 is 6.29 Å². The Morgan fingerprint density at radius 3 is 0.750 bits per heavy atom. The summed E-state index contributed by atoms with van der Waals surface area (Å²) in [5.41, 5.74) is 0. The van der Waals surface area contributed by atoms with E-state index in [0.717, 1.165) is 0 Å². The predicted octanol–water partition coefficient (Wildman–Crippen LogP) is -0.621. The van der Waals surface area contributed by atoms with Crippen molar-refractivity contribution in [3.63, 3.8) is 0 Å². The summed E-state index contributed by atoms with van der Waals surface area (Å²) >= 11 is 0. The summed E-state index contributed by atoms with van der Waals surface area (Å²) in [6.45, 7) is 11.0. The van der Waals surface area contributed by atoms with E-state index in [1.165, 1.54) is 13.2 Å². The third-order valence-electron chi connectivity index (χ3n) is 0.